The molecule has 5 nitrogen and oxygen atoms in total. The number of nitrogens with two attached hydrogens (primary N) is 1. The molecule has 0 fully saturated rings. The summed E-state index contributed by atoms with van der Waals surface area (Å²) >= 11 is 0. The SMILES string of the molecule is CCC(CC)(CN)c1nc2c(S(C)(=O)=O)cccc2[nH]1. The van der Waals surface area contributed by atoms with Crippen LogP contribution in [-0.2, 0) is 15.3 Å². The van der Waals surface area contributed by atoms with Gasteiger partial charge in [0, 0.05) is 18.2 Å². The molecule has 0 aliphatic carbocycles. The van der Waals surface area contributed by atoms with Gasteiger partial charge in [0.15, 0.2) is 9.84 Å². The fraction of sp³-hybridized carbons (Fsp3) is 0.500. The molecule has 1 aromatic carbocycles. The third-order valence-corrected chi connectivity index (χ3v) is 5.25. The van der Waals surface area contributed by atoms with Crippen molar-refractivity contribution in [2.45, 2.75) is 37.0 Å². The van der Waals surface area contributed by atoms with Crippen molar-refractivity contribution in [2.75, 3.05) is 12.8 Å². The molecule has 1 heterocycles. The second kappa shape index (κ2) is 5.18. The number of H-pyrrole nitrogens is 1. The van der Waals surface area contributed by atoms with E-state index in [2.05, 4.69) is 23.8 Å². The van der Waals surface area contributed by atoms with Crippen LogP contribution in [0.1, 0.15) is 32.5 Å². The molecule has 0 saturated heterocycles. The molecule has 1 aromatic heterocycles. The molecule has 0 atom stereocenters. The standard InChI is InChI=1S/C14H21N3O2S/c1-4-14(5-2,9-15)13-16-10-7-6-8-11(12(10)17-13)20(3,18)19/h6-8H,4-5,9,15H2,1-3H3,(H,16,17). The molecule has 0 radical (unpaired) electrons. The van der Waals surface area contributed by atoms with Crippen molar-refractivity contribution in [3.63, 3.8) is 0 Å². The van der Waals surface area contributed by atoms with E-state index in [1.165, 1.54) is 6.26 Å². The summed E-state index contributed by atoms with van der Waals surface area (Å²) in [5, 5.41) is 0. The molecule has 2 rings (SSSR count). The lowest BCUT2D eigenvalue weighted by Gasteiger charge is -2.27. The molecule has 2 aromatic rings. The van der Waals surface area contributed by atoms with Gasteiger partial charge in [-0.25, -0.2) is 13.4 Å². The number of aromatic amines is 1. The zero-order chi connectivity index (χ0) is 15.0. The average Bonchev–Trinajstić information content (AvgIpc) is 2.84. The van der Waals surface area contributed by atoms with E-state index in [9.17, 15) is 8.42 Å². The fourth-order valence-electron chi connectivity index (χ4n) is 2.53. The van der Waals surface area contributed by atoms with Gasteiger partial charge in [0.25, 0.3) is 0 Å². The molecular weight excluding hydrogens is 274 g/mol. The number of nitrogens with one attached hydrogen (secondary N) is 1. The van der Waals surface area contributed by atoms with Crippen LogP contribution in [0.2, 0.25) is 0 Å². The van der Waals surface area contributed by atoms with Gasteiger partial charge in [-0.15, -0.1) is 0 Å². The number of aromatic nitrogens is 2. The van der Waals surface area contributed by atoms with Gasteiger partial charge in [-0.3, -0.25) is 0 Å². The van der Waals surface area contributed by atoms with Gasteiger partial charge in [-0.2, -0.15) is 0 Å². The number of imidazole rings is 1. The average molecular weight is 295 g/mol. The van der Waals surface area contributed by atoms with Crippen LogP contribution < -0.4 is 5.73 Å². The van der Waals surface area contributed by atoms with Crippen molar-refractivity contribution >= 4 is 20.9 Å². The Morgan fingerprint density at radius 2 is 1.95 bits per heavy atom. The predicted octanol–water partition coefficient (Wildman–Crippen LogP) is 1.98. The molecule has 6 heteroatoms. The van der Waals surface area contributed by atoms with E-state index in [0.29, 0.717) is 12.1 Å². The fourth-order valence-corrected chi connectivity index (χ4v) is 3.36. The summed E-state index contributed by atoms with van der Waals surface area (Å²) < 4.78 is 23.7. The van der Waals surface area contributed by atoms with Crippen LogP contribution in [-0.4, -0.2) is 31.2 Å². The lowest BCUT2D eigenvalue weighted by atomic mass is 9.82. The third kappa shape index (κ3) is 2.33. The number of fused-ring (bicyclic) bond motifs is 1. The zero-order valence-electron chi connectivity index (χ0n) is 12.1. The smallest absolute Gasteiger partial charge is 0.177 e. The maximum Gasteiger partial charge on any atom is 0.177 e. The number of sulfone groups is 1. The van der Waals surface area contributed by atoms with Gasteiger partial charge < -0.3 is 10.7 Å². The number of para-hydroxylation sites is 1. The van der Waals surface area contributed by atoms with Crippen molar-refractivity contribution in [1.82, 2.24) is 9.97 Å². The van der Waals surface area contributed by atoms with Crippen molar-refractivity contribution in [3.05, 3.63) is 24.0 Å². The Hall–Kier alpha value is -1.40. The van der Waals surface area contributed by atoms with Gasteiger partial charge in [0.05, 0.1) is 10.4 Å². The van der Waals surface area contributed by atoms with E-state index < -0.39 is 9.84 Å². The minimum absolute atomic E-state index is 0.228. The minimum Gasteiger partial charge on any atom is -0.341 e. The van der Waals surface area contributed by atoms with Crippen molar-refractivity contribution in [1.29, 1.82) is 0 Å². The molecule has 0 amide bonds. The largest absolute Gasteiger partial charge is 0.341 e. The summed E-state index contributed by atoms with van der Waals surface area (Å²) in [5.74, 6) is 0.774. The first-order valence-corrected chi connectivity index (χ1v) is 8.66. The summed E-state index contributed by atoms with van der Waals surface area (Å²) in [5.41, 5.74) is 6.94. The van der Waals surface area contributed by atoms with Crippen LogP contribution in [0.4, 0.5) is 0 Å². The molecule has 110 valence electrons. The quantitative estimate of drug-likeness (QED) is 0.882. The normalized spacial score (nSPS) is 13.0. The summed E-state index contributed by atoms with van der Waals surface area (Å²) in [6.45, 7) is 4.62. The second-order valence-electron chi connectivity index (χ2n) is 5.20. The lowest BCUT2D eigenvalue weighted by Crippen LogP contribution is -2.35. The van der Waals surface area contributed by atoms with Crippen LogP contribution in [0.5, 0.6) is 0 Å². The van der Waals surface area contributed by atoms with E-state index in [1.54, 1.807) is 12.1 Å². The summed E-state index contributed by atoms with van der Waals surface area (Å²) in [6.07, 6.45) is 2.91. The van der Waals surface area contributed by atoms with Crippen LogP contribution in [0.25, 0.3) is 11.0 Å². The highest BCUT2D eigenvalue weighted by Gasteiger charge is 2.31. The van der Waals surface area contributed by atoms with E-state index in [0.717, 1.165) is 24.2 Å². The Balaban J connectivity index is 2.72. The van der Waals surface area contributed by atoms with Gasteiger partial charge in [0.1, 0.15) is 11.3 Å². The third-order valence-electron chi connectivity index (χ3n) is 4.12. The molecule has 0 unspecified atom stereocenters. The highest BCUT2D eigenvalue weighted by Crippen LogP contribution is 2.31. The van der Waals surface area contributed by atoms with Crippen molar-refractivity contribution < 1.29 is 8.42 Å². The van der Waals surface area contributed by atoms with Gasteiger partial charge in [-0.1, -0.05) is 19.9 Å². The van der Waals surface area contributed by atoms with E-state index >= 15 is 0 Å². The van der Waals surface area contributed by atoms with E-state index in [-0.39, 0.29) is 10.3 Å². The van der Waals surface area contributed by atoms with E-state index in [4.69, 9.17) is 5.73 Å². The number of hydrogen-bond acceptors (Lipinski definition) is 4. The Labute approximate surface area is 119 Å². The summed E-state index contributed by atoms with van der Waals surface area (Å²) in [6, 6.07) is 5.15. The Morgan fingerprint density at radius 3 is 2.45 bits per heavy atom. The van der Waals surface area contributed by atoms with Gasteiger partial charge >= 0.3 is 0 Å². The topological polar surface area (TPSA) is 88.8 Å². The second-order valence-corrected chi connectivity index (χ2v) is 7.19. The van der Waals surface area contributed by atoms with Crippen LogP contribution in [0.3, 0.4) is 0 Å². The molecule has 0 bridgehead atoms. The summed E-state index contributed by atoms with van der Waals surface area (Å²) in [7, 11) is -3.30. The molecular formula is C14H21N3O2S. The molecule has 0 aliphatic rings. The van der Waals surface area contributed by atoms with Crippen molar-refractivity contribution in [3.8, 4) is 0 Å². The summed E-state index contributed by atoms with van der Waals surface area (Å²) in [4.78, 5) is 8.06. The Morgan fingerprint density at radius 1 is 1.30 bits per heavy atom. The Bertz CT molecular complexity index is 707. The lowest BCUT2D eigenvalue weighted by molar-refractivity contribution is 0.387. The van der Waals surface area contributed by atoms with Crippen LogP contribution in [0, 0.1) is 0 Å². The first kappa shape index (κ1) is 15.0. The Kier molecular flexibility index (Phi) is 3.88. The first-order valence-electron chi connectivity index (χ1n) is 6.77. The molecule has 20 heavy (non-hydrogen) atoms. The monoisotopic (exact) mass is 295 g/mol. The number of nitrogens with zero attached hydrogens (tertiary/aromatic N) is 1. The van der Waals surface area contributed by atoms with Crippen LogP contribution in [0.15, 0.2) is 23.1 Å². The molecule has 0 spiro atoms. The maximum atomic E-state index is 11.8. The highest BCUT2D eigenvalue weighted by molar-refractivity contribution is 7.91. The molecule has 0 saturated carbocycles. The zero-order valence-corrected chi connectivity index (χ0v) is 12.9. The highest BCUT2D eigenvalue weighted by atomic mass is 32.2. The van der Waals surface area contributed by atoms with Crippen molar-refractivity contribution in [2.24, 2.45) is 5.73 Å². The first-order chi connectivity index (χ1) is 9.38. The van der Waals surface area contributed by atoms with Gasteiger partial charge in [-0.05, 0) is 25.0 Å². The maximum absolute atomic E-state index is 11.8. The number of rotatable bonds is 5. The number of benzene rings is 1. The number of hydrogen-bond donors (Lipinski definition) is 2. The predicted molar refractivity (Wildman–Crippen MR) is 80.5 cm³/mol. The molecule has 3 N–H and O–H groups in total. The van der Waals surface area contributed by atoms with Crippen LogP contribution >= 0.6 is 0 Å². The van der Waals surface area contributed by atoms with Gasteiger partial charge in [0.2, 0.25) is 0 Å². The molecule has 0 aliphatic heterocycles. The van der Waals surface area contributed by atoms with E-state index in [1.807, 2.05) is 6.07 Å². The minimum atomic E-state index is -3.30.